The van der Waals surface area contributed by atoms with Crippen LogP contribution in [0, 0.1) is 0 Å². The van der Waals surface area contributed by atoms with Crippen molar-refractivity contribution >= 4 is 11.9 Å². The first kappa shape index (κ1) is 61.3. The van der Waals surface area contributed by atoms with Crippen LogP contribution in [-0.4, -0.2) is 36.4 Å². The van der Waals surface area contributed by atoms with E-state index in [0.717, 1.165) is 70.6 Å². The molecule has 0 aromatic heterocycles. The number of unbranched alkanes of at least 4 members (excludes halogenated alkanes) is 30. The Labute approximate surface area is 397 Å². The number of carbonyl (C=O) groups excluding carboxylic acids is 2. The molecule has 0 aliphatic carbocycles. The second-order valence-corrected chi connectivity index (χ2v) is 18.3. The van der Waals surface area contributed by atoms with Crippen molar-refractivity contribution in [1.82, 2.24) is 0 Å². The van der Waals surface area contributed by atoms with Gasteiger partial charge in [-0.15, -0.1) is 0 Å². The van der Waals surface area contributed by atoms with E-state index in [1.165, 1.54) is 173 Å². The minimum Gasteiger partial charge on any atom is -0.462 e. The molecule has 0 saturated heterocycles. The Morgan fingerprint density at radius 2 is 0.672 bits per heavy atom. The first-order valence-electron chi connectivity index (χ1n) is 27.5. The minimum atomic E-state index is -0.776. The van der Waals surface area contributed by atoms with Gasteiger partial charge in [-0.2, -0.15) is 0 Å². The van der Waals surface area contributed by atoms with Gasteiger partial charge in [0.15, 0.2) is 6.10 Å². The third kappa shape index (κ3) is 52.0. The fourth-order valence-electron chi connectivity index (χ4n) is 7.87. The average molecular weight is 893 g/mol. The van der Waals surface area contributed by atoms with Gasteiger partial charge in [0.2, 0.25) is 0 Å². The highest BCUT2D eigenvalue weighted by atomic mass is 16.6. The summed E-state index contributed by atoms with van der Waals surface area (Å²) in [7, 11) is 0. The van der Waals surface area contributed by atoms with Gasteiger partial charge in [-0.05, 0) is 83.5 Å². The molecule has 1 N–H and O–H groups in total. The monoisotopic (exact) mass is 893 g/mol. The maximum absolute atomic E-state index is 12.3. The van der Waals surface area contributed by atoms with Crippen molar-refractivity contribution in [1.29, 1.82) is 0 Å². The summed E-state index contributed by atoms with van der Waals surface area (Å²) in [6.07, 6.45) is 74.3. The molecule has 5 heteroatoms. The Morgan fingerprint density at radius 1 is 0.375 bits per heavy atom. The third-order valence-corrected chi connectivity index (χ3v) is 12.0. The number of hydrogen-bond donors (Lipinski definition) is 1. The van der Waals surface area contributed by atoms with Gasteiger partial charge in [-0.3, -0.25) is 9.59 Å². The Balaban J connectivity index is 3.49. The molecule has 0 radical (unpaired) electrons. The van der Waals surface area contributed by atoms with Crippen LogP contribution in [0.1, 0.15) is 271 Å². The highest BCUT2D eigenvalue weighted by Gasteiger charge is 2.16. The van der Waals surface area contributed by atoms with E-state index in [4.69, 9.17) is 9.47 Å². The van der Waals surface area contributed by atoms with Crippen LogP contribution >= 0.6 is 0 Å². The molecule has 0 rings (SSSR count). The smallest absolute Gasteiger partial charge is 0.306 e. The van der Waals surface area contributed by atoms with E-state index in [0.29, 0.717) is 12.8 Å². The lowest BCUT2D eigenvalue weighted by molar-refractivity contribution is -0.161. The zero-order valence-electron chi connectivity index (χ0n) is 42.3. The van der Waals surface area contributed by atoms with Gasteiger partial charge < -0.3 is 14.6 Å². The highest BCUT2D eigenvalue weighted by Crippen LogP contribution is 2.16. The van der Waals surface area contributed by atoms with E-state index in [1.54, 1.807) is 0 Å². The zero-order valence-corrected chi connectivity index (χ0v) is 42.3. The Bertz CT molecular complexity index is 1150. The number of ether oxygens (including phenoxy) is 2. The van der Waals surface area contributed by atoms with Gasteiger partial charge in [0.1, 0.15) is 6.61 Å². The molecule has 0 bridgehead atoms. The number of aliphatic hydroxyl groups is 1. The summed E-state index contributed by atoms with van der Waals surface area (Å²) in [4.78, 5) is 24.5. The summed E-state index contributed by atoms with van der Waals surface area (Å²) in [6, 6.07) is 0. The molecule has 0 aromatic rings. The number of carbonyl (C=O) groups is 2. The predicted molar refractivity (Wildman–Crippen MR) is 279 cm³/mol. The van der Waals surface area contributed by atoms with Crippen LogP contribution in [0.15, 0.2) is 72.9 Å². The van der Waals surface area contributed by atoms with Crippen molar-refractivity contribution in [2.75, 3.05) is 13.2 Å². The lowest BCUT2D eigenvalue weighted by atomic mass is 10.0. The SMILES string of the molecule is CC/C=C\C/C=C\C/C=C\C/C=C\CCCCCCCCCCCCCCCCC(=O)OC(CO)COC(=O)CCCCCCCCCCCCC/C=C\C/C=C\CCCCCCC. The second kappa shape index (κ2) is 54.7. The molecular weight excluding hydrogens is 789 g/mol. The van der Waals surface area contributed by atoms with E-state index in [-0.39, 0.29) is 25.2 Å². The fraction of sp³-hybridized carbons (Fsp3) is 0.763. The predicted octanol–water partition coefficient (Wildman–Crippen LogP) is 18.4. The van der Waals surface area contributed by atoms with E-state index < -0.39 is 6.10 Å². The van der Waals surface area contributed by atoms with Crippen LogP contribution in [0.5, 0.6) is 0 Å². The molecule has 64 heavy (non-hydrogen) atoms. The normalized spacial score (nSPS) is 12.7. The molecule has 0 amide bonds. The largest absolute Gasteiger partial charge is 0.462 e. The van der Waals surface area contributed by atoms with E-state index in [2.05, 4.69) is 86.8 Å². The molecule has 0 aliphatic heterocycles. The summed E-state index contributed by atoms with van der Waals surface area (Å²) < 4.78 is 10.7. The minimum absolute atomic E-state index is 0.0675. The third-order valence-electron chi connectivity index (χ3n) is 12.0. The standard InChI is InChI=1S/C59H104O5/c1-3-5-7-9-11-13-15-17-19-21-23-25-27-28-29-30-32-34-36-38-40-42-44-46-48-50-52-54-59(62)64-57(55-60)56-63-58(61)53-51-49-47-45-43-41-39-37-35-33-31-26-24-22-20-18-16-14-12-10-8-6-4-2/h5,7,11,13,16-19,22-25,57,60H,3-4,6,8-10,12,14-15,20-21,26-56H2,1-2H3/b7-5-,13-11-,18-16-,19-17-,24-22-,25-23-. The number of hydrogen-bond acceptors (Lipinski definition) is 5. The topological polar surface area (TPSA) is 72.8 Å². The number of rotatable bonds is 50. The fourth-order valence-corrected chi connectivity index (χ4v) is 7.87. The molecule has 0 saturated carbocycles. The average Bonchev–Trinajstić information content (AvgIpc) is 3.30. The van der Waals surface area contributed by atoms with E-state index >= 15 is 0 Å². The molecular formula is C59H104O5. The number of aliphatic hydroxyl groups excluding tert-OH is 1. The summed E-state index contributed by atoms with van der Waals surface area (Å²) in [5.74, 6) is -0.587. The number of esters is 2. The van der Waals surface area contributed by atoms with Crippen LogP contribution in [0.4, 0.5) is 0 Å². The van der Waals surface area contributed by atoms with E-state index in [9.17, 15) is 14.7 Å². The van der Waals surface area contributed by atoms with Crippen LogP contribution in [0.25, 0.3) is 0 Å². The summed E-state index contributed by atoms with van der Waals surface area (Å²) in [5.41, 5.74) is 0. The molecule has 370 valence electrons. The maximum atomic E-state index is 12.3. The van der Waals surface area contributed by atoms with Crippen molar-refractivity contribution in [2.45, 2.75) is 277 Å². The lowest BCUT2D eigenvalue weighted by Gasteiger charge is -2.15. The number of allylic oxidation sites excluding steroid dienone is 12. The van der Waals surface area contributed by atoms with Crippen LogP contribution in [0.3, 0.4) is 0 Å². The van der Waals surface area contributed by atoms with E-state index in [1.807, 2.05) is 0 Å². The zero-order chi connectivity index (χ0) is 46.3. The maximum Gasteiger partial charge on any atom is 0.306 e. The molecule has 5 nitrogen and oxygen atoms in total. The molecule has 0 spiro atoms. The Hall–Kier alpha value is -2.66. The summed E-state index contributed by atoms with van der Waals surface area (Å²) in [5, 5.41) is 9.65. The van der Waals surface area contributed by atoms with Crippen LogP contribution < -0.4 is 0 Å². The van der Waals surface area contributed by atoms with Crippen LogP contribution in [-0.2, 0) is 19.1 Å². The van der Waals surface area contributed by atoms with Gasteiger partial charge in [-0.25, -0.2) is 0 Å². The lowest BCUT2D eigenvalue weighted by Crippen LogP contribution is -2.28. The van der Waals surface area contributed by atoms with Crippen molar-refractivity contribution in [2.24, 2.45) is 0 Å². The van der Waals surface area contributed by atoms with Gasteiger partial charge in [0, 0.05) is 12.8 Å². The van der Waals surface area contributed by atoms with Crippen molar-refractivity contribution in [3.8, 4) is 0 Å². The van der Waals surface area contributed by atoms with Gasteiger partial charge in [0.05, 0.1) is 6.61 Å². The Kier molecular flexibility index (Phi) is 52.4. The van der Waals surface area contributed by atoms with Crippen LogP contribution in [0.2, 0.25) is 0 Å². The molecule has 1 unspecified atom stereocenters. The molecule has 0 aliphatic rings. The Morgan fingerprint density at radius 3 is 1.02 bits per heavy atom. The van der Waals surface area contributed by atoms with Crippen molar-refractivity contribution < 1.29 is 24.2 Å². The van der Waals surface area contributed by atoms with Gasteiger partial charge in [-0.1, -0.05) is 247 Å². The quantitative estimate of drug-likeness (QED) is 0.0374. The highest BCUT2D eigenvalue weighted by molar-refractivity contribution is 5.70. The van der Waals surface area contributed by atoms with Crippen molar-refractivity contribution in [3.05, 3.63) is 72.9 Å². The molecule has 0 aromatic carbocycles. The summed E-state index contributed by atoms with van der Waals surface area (Å²) in [6.45, 7) is 4.04. The molecule has 1 atom stereocenters. The second-order valence-electron chi connectivity index (χ2n) is 18.3. The van der Waals surface area contributed by atoms with Gasteiger partial charge >= 0.3 is 11.9 Å². The molecule has 0 fully saturated rings. The van der Waals surface area contributed by atoms with Crippen molar-refractivity contribution in [3.63, 3.8) is 0 Å². The molecule has 0 heterocycles. The first-order chi connectivity index (χ1) is 31.6. The van der Waals surface area contributed by atoms with Gasteiger partial charge in [0.25, 0.3) is 0 Å². The summed E-state index contributed by atoms with van der Waals surface area (Å²) >= 11 is 0. The first-order valence-corrected chi connectivity index (χ1v) is 27.5.